The number of thioether (sulfide) groups is 1. The van der Waals surface area contributed by atoms with E-state index in [0.29, 0.717) is 11.8 Å². The lowest BCUT2D eigenvalue weighted by atomic mass is 9.84. The third-order valence-electron chi connectivity index (χ3n) is 6.21. The standard InChI is InChI=1S/C19H22ClF3N4OS/c1-9(14-6-11-3-4-12(14)5-11)24-17(28)10(2)29-18-26-25-16-15(20)7-13(8-27(16)18)19(21,22)23/h7-12,14H,3-6H2,1-2H3,(H,24,28)/t9-,10-,11-,12-,14+/m0/s1. The van der Waals surface area contributed by atoms with Crippen LogP contribution in [0.3, 0.4) is 0 Å². The minimum Gasteiger partial charge on any atom is -0.352 e. The van der Waals surface area contributed by atoms with Crippen molar-refractivity contribution in [2.24, 2.45) is 17.8 Å². The molecule has 2 saturated carbocycles. The monoisotopic (exact) mass is 446 g/mol. The van der Waals surface area contributed by atoms with Gasteiger partial charge in [0.15, 0.2) is 10.8 Å². The molecule has 29 heavy (non-hydrogen) atoms. The molecule has 2 aliphatic carbocycles. The molecule has 2 heterocycles. The summed E-state index contributed by atoms with van der Waals surface area (Å²) in [6.07, 6.45) is 1.35. The highest BCUT2D eigenvalue weighted by Gasteiger charge is 2.42. The topological polar surface area (TPSA) is 59.3 Å². The molecule has 10 heteroatoms. The summed E-state index contributed by atoms with van der Waals surface area (Å²) in [5.41, 5.74) is -0.760. The fourth-order valence-electron chi connectivity index (χ4n) is 4.74. The van der Waals surface area contributed by atoms with Crippen LogP contribution in [0.15, 0.2) is 17.4 Å². The Hall–Kier alpha value is -1.48. The number of hydrogen-bond acceptors (Lipinski definition) is 4. The Morgan fingerprint density at radius 2 is 2.07 bits per heavy atom. The molecule has 0 aliphatic heterocycles. The van der Waals surface area contributed by atoms with E-state index in [2.05, 4.69) is 15.5 Å². The van der Waals surface area contributed by atoms with Gasteiger partial charge >= 0.3 is 6.18 Å². The zero-order valence-electron chi connectivity index (χ0n) is 16.0. The van der Waals surface area contributed by atoms with E-state index in [1.807, 2.05) is 6.92 Å². The second-order valence-corrected chi connectivity index (χ2v) is 9.86. The van der Waals surface area contributed by atoms with Crippen molar-refractivity contribution in [2.45, 2.75) is 62.2 Å². The summed E-state index contributed by atoms with van der Waals surface area (Å²) in [5.74, 6) is 1.85. The summed E-state index contributed by atoms with van der Waals surface area (Å²) in [6.45, 7) is 3.76. The van der Waals surface area contributed by atoms with Crippen LogP contribution in [0, 0.1) is 17.8 Å². The van der Waals surface area contributed by atoms with Crippen molar-refractivity contribution in [1.82, 2.24) is 19.9 Å². The maximum absolute atomic E-state index is 13.1. The smallest absolute Gasteiger partial charge is 0.352 e. The summed E-state index contributed by atoms with van der Waals surface area (Å²) in [4.78, 5) is 12.7. The summed E-state index contributed by atoms with van der Waals surface area (Å²) in [5, 5.41) is 10.4. The van der Waals surface area contributed by atoms with Crippen molar-refractivity contribution in [3.63, 3.8) is 0 Å². The van der Waals surface area contributed by atoms with Crippen molar-refractivity contribution in [3.8, 4) is 0 Å². The molecule has 2 aromatic heterocycles. The van der Waals surface area contributed by atoms with E-state index in [1.54, 1.807) is 6.92 Å². The Morgan fingerprint density at radius 3 is 2.69 bits per heavy atom. The van der Waals surface area contributed by atoms with E-state index in [-0.39, 0.29) is 27.8 Å². The van der Waals surface area contributed by atoms with Crippen LogP contribution >= 0.6 is 23.4 Å². The molecule has 5 atom stereocenters. The second kappa shape index (κ2) is 7.65. The van der Waals surface area contributed by atoms with Gasteiger partial charge in [0.25, 0.3) is 0 Å². The first-order chi connectivity index (χ1) is 13.6. The number of alkyl halides is 3. The number of nitrogens with one attached hydrogen (secondary N) is 1. The number of aromatic nitrogens is 3. The van der Waals surface area contributed by atoms with Crippen molar-refractivity contribution >= 4 is 34.9 Å². The highest BCUT2D eigenvalue weighted by Crippen LogP contribution is 2.49. The number of rotatable bonds is 5. The van der Waals surface area contributed by atoms with E-state index in [1.165, 1.54) is 30.1 Å². The Morgan fingerprint density at radius 1 is 1.31 bits per heavy atom. The van der Waals surface area contributed by atoms with Crippen LogP contribution in [-0.4, -0.2) is 31.8 Å². The molecule has 0 saturated heterocycles. The van der Waals surface area contributed by atoms with Gasteiger partial charge in [-0.3, -0.25) is 9.20 Å². The molecule has 5 nitrogen and oxygen atoms in total. The molecule has 2 aliphatic rings. The third-order valence-corrected chi connectivity index (χ3v) is 7.55. The quantitative estimate of drug-likeness (QED) is 0.669. The number of carbonyl (C=O) groups excluding carboxylic acids is 1. The number of nitrogens with zero attached hydrogens (tertiary/aromatic N) is 3. The van der Waals surface area contributed by atoms with E-state index in [0.717, 1.165) is 29.9 Å². The molecule has 4 rings (SSSR count). The molecule has 0 spiro atoms. The number of fused-ring (bicyclic) bond motifs is 3. The van der Waals surface area contributed by atoms with Gasteiger partial charge in [-0.2, -0.15) is 13.2 Å². The molecule has 1 N–H and O–H groups in total. The van der Waals surface area contributed by atoms with Gasteiger partial charge in [-0.15, -0.1) is 10.2 Å². The Labute approximate surface area is 175 Å². The van der Waals surface area contributed by atoms with Crippen molar-refractivity contribution < 1.29 is 18.0 Å². The fourth-order valence-corrected chi connectivity index (χ4v) is 5.81. The van der Waals surface area contributed by atoms with Gasteiger partial charge in [0, 0.05) is 12.2 Å². The minimum absolute atomic E-state index is 0.0854. The molecule has 2 aromatic rings. The number of pyridine rings is 1. The summed E-state index contributed by atoms with van der Waals surface area (Å²) < 4.78 is 40.5. The summed E-state index contributed by atoms with van der Waals surface area (Å²) in [6, 6.07) is 0.912. The molecule has 2 fully saturated rings. The van der Waals surface area contributed by atoms with E-state index in [9.17, 15) is 18.0 Å². The molecule has 0 unspecified atom stereocenters. The highest BCUT2D eigenvalue weighted by atomic mass is 35.5. The van der Waals surface area contributed by atoms with Crippen molar-refractivity contribution in [2.75, 3.05) is 0 Å². The third kappa shape index (κ3) is 4.08. The minimum atomic E-state index is -4.54. The van der Waals surface area contributed by atoms with E-state index >= 15 is 0 Å². The zero-order chi connectivity index (χ0) is 20.9. The molecule has 158 valence electrons. The van der Waals surface area contributed by atoms with Crippen molar-refractivity contribution in [1.29, 1.82) is 0 Å². The number of halogens is 4. The molecular weight excluding hydrogens is 425 g/mol. The van der Waals surface area contributed by atoms with Gasteiger partial charge in [0.1, 0.15) is 0 Å². The molecule has 0 aromatic carbocycles. The highest BCUT2D eigenvalue weighted by molar-refractivity contribution is 8.00. The van der Waals surface area contributed by atoms with Crippen LogP contribution in [-0.2, 0) is 11.0 Å². The predicted octanol–water partition coefficient (Wildman–Crippen LogP) is 4.82. The first kappa shape index (κ1) is 20.8. The van der Waals surface area contributed by atoms with Crippen LogP contribution < -0.4 is 5.32 Å². The molecule has 2 bridgehead atoms. The van der Waals surface area contributed by atoms with Crippen LogP contribution in [0.4, 0.5) is 13.2 Å². The van der Waals surface area contributed by atoms with Crippen LogP contribution in [0.5, 0.6) is 0 Å². The lowest BCUT2D eigenvalue weighted by Crippen LogP contribution is -2.43. The van der Waals surface area contributed by atoms with Crippen LogP contribution in [0.1, 0.15) is 45.1 Å². The average Bonchev–Trinajstić information content (AvgIpc) is 3.36. The predicted molar refractivity (Wildman–Crippen MR) is 105 cm³/mol. The van der Waals surface area contributed by atoms with Gasteiger partial charge in [0.2, 0.25) is 5.91 Å². The average molecular weight is 447 g/mol. The lowest BCUT2D eigenvalue weighted by molar-refractivity contribution is -0.137. The first-order valence-corrected chi connectivity index (χ1v) is 11.0. The number of hydrogen-bond donors (Lipinski definition) is 1. The molecule has 0 radical (unpaired) electrons. The second-order valence-electron chi connectivity index (χ2n) is 8.15. The summed E-state index contributed by atoms with van der Waals surface area (Å²) in [7, 11) is 0. The maximum atomic E-state index is 13.1. The van der Waals surface area contributed by atoms with Gasteiger partial charge in [0.05, 0.1) is 15.8 Å². The number of carbonyl (C=O) groups is 1. The largest absolute Gasteiger partial charge is 0.417 e. The van der Waals surface area contributed by atoms with Gasteiger partial charge < -0.3 is 5.32 Å². The summed E-state index contributed by atoms with van der Waals surface area (Å²) >= 11 is 7.01. The number of amides is 1. The van der Waals surface area contributed by atoms with Gasteiger partial charge in [-0.1, -0.05) is 29.8 Å². The van der Waals surface area contributed by atoms with Crippen LogP contribution in [0.25, 0.3) is 5.65 Å². The zero-order valence-corrected chi connectivity index (χ0v) is 17.6. The van der Waals surface area contributed by atoms with E-state index < -0.39 is 17.0 Å². The molecule has 1 amide bonds. The maximum Gasteiger partial charge on any atom is 0.417 e. The van der Waals surface area contributed by atoms with Gasteiger partial charge in [-0.25, -0.2) is 0 Å². The molecular formula is C19H22ClF3N4OS. The van der Waals surface area contributed by atoms with Crippen molar-refractivity contribution in [3.05, 3.63) is 22.8 Å². The van der Waals surface area contributed by atoms with Crippen LogP contribution in [0.2, 0.25) is 5.02 Å². The lowest BCUT2D eigenvalue weighted by Gasteiger charge is -2.29. The van der Waals surface area contributed by atoms with Gasteiger partial charge in [-0.05, 0) is 56.9 Å². The SMILES string of the molecule is C[C@H](Sc1nnc2c(Cl)cc(C(F)(F)F)cn12)C(=O)N[C@@H](C)[C@H]1C[C@H]2CC[C@H]1C2. The first-order valence-electron chi connectivity index (χ1n) is 9.72. The fraction of sp³-hybridized carbons (Fsp3) is 0.632. The normalized spacial score (nSPS) is 26.1. The van der Waals surface area contributed by atoms with E-state index in [4.69, 9.17) is 11.6 Å². The Balaban J connectivity index is 1.46. The Kier molecular flexibility index (Phi) is 5.48. The Bertz CT molecular complexity index is 934.